The first kappa shape index (κ1) is 19.6. The molecule has 1 amide bonds. The van der Waals surface area contributed by atoms with E-state index in [1.54, 1.807) is 29.8 Å². The molecule has 0 aliphatic heterocycles. The lowest BCUT2D eigenvalue weighted by Gasteiger charge is -2.15. The molecular weight excluding hydrogens is 445 g/mol. The molecular formula is C17H15BrClFN4O3. The van der Waals surface area contributed by atoms with Crippen LogP contribution in [0.3, 0.4) is 0 Å². The van der Waals surface area contributed by atoms with Crippen molar-refractivity contribution in [2.24, 2.45) is 7.05 Å². The molecule has 1 heterocycles. The predicted molar refractivity (Wildman–Crippen MR) is 104 cm³/mol. The van der Waals surface area contributed by atoms with Crippen molar-refractivity contribution < 1.29 is 19.1 Å². The minimum atomic E-state index is -0.695. The van der Waals surface area contributed by atoms with Gasteiger partial charge in [-0.2, -0.15) is 0 Å². The summed E-state index contributed by atoms with van der Waals surface area (Å²) in [6.07, 6.45) is 1.45. The number of rotatable bonds is 6. The lowest BCUT2D eigenvalue weighted by molar-refractivity contribution is 0.0169. The van der Waals surface area contributed by atoms with Crippen molar-refractivity contribution in [3.8, 4) is 0 Å². The van der Waals surface area contributed by atoms with E-state index in [0.29, 0.717) is 16.2 Å². The fourth-order valence-electron chi connectivity index (χ4n) is 2.47. The summed E-state index contributed by atoms with van der Waals surface area (Å²) in [5.74, 6) is -1.37. The zero-order valence-electron chi connectivity index (χ0n) is 14.1. The average Bonchev–Trinajstić information content (AvgIpc) is 3.00. The number of halogens is 3. The number of fused-ring (bicyclic) bond motifs is 1. The van der Waals surface area contributed by atoms with E-state index in [1.165, 1.54) is 12.4 Å². The monoisotopic (exact) mass is 458 g/mol. The second-order valence-electron chi connectivity index (χ2n) is 5.59. The quantitative estimate of drug-likeness (QED) is 0.388. The summed E-state index contributed by atoms with van der Waals surface area (Å²) in [5.41, 5.74) is 3.06. The lowest BCUT2D eigenvalue weighted by Crippen LogP contribution is -2.26. The molecule has 0 saturated carbocycles. The Kier molecular flexibility index (Phi) is 5.95. The fraction of sp³-hybridized carbons (Fsp3) is 0.176. The first-order valence-corrected chi connectivity index (χ1v) is 8.98. The largest absolute Gasteiger partial charge is 0.394 e. The number of anilines is 2. The van der Waals surface area contributed by atoms with Crippen molar-refractivity contribution in [3.05, 3.63) is 51.5 Å². The van der Waals surface area contributed by atoms with Gasteiger partial charge in [-0.25, -0.2) is 14.9 Å². The van der Waals surface area contributed by atoms with Crippen LogP contribution in [-0.2, 0) is 11.9 Å². The van der Waals surface area contributed by atoms with E-state index in [-0.39, 0.29) is 30.0 Å². The summed E-state index contributed by atoms with van der Waals surface area (Å²) in [5, 5.41) is 12.0. The zero-order chi connectivity index (χ0) is 19.6. The van der Waals surface area contributed by atoms with Crippen molar-refractivity contribution >= 4 is 55.8 Å². The Balaban J connectivity index is 2.09. The first-order chi connectivity index (χ1) is 12.9. The van der Waals surface area contributed by atoms with Gasteiger partial charge in [-0.3, -0.25) is 9.63 Å². The van der Waals surface area contributed by atoms with Gasteiger partial charge in [0.15, 0.2) is 5.82 Å². The summed E-state index contributed by atoms with van der Waals surface area (Å²) in [7, 11) is 1.69. The Labute approximate surface area is 167 Å². The standard InChI is InChI=1S/C17H15BrClFN4O3/c1-24-8-21-16-13(24)7-10(17(26)23-27-5-4-25)15(14(16)20)22-12-3-2-9(18)6-11(12)19/h2-3,6-8,22,25H,4-5H2,1H3,(H,23,26)/i1+2. The third-order valence-corrected chi connectivity index (χ3v) is 4.56. The summed E-state index contributed by atoms with van der Waals surface area (Å²) >= 11 is 9.51. The molecule has 0 unspecified atom stereocenters. The van der Waals surface area contributed by atoms with Crippen LogP contribution in [0, 0.1) is 5.82 Å². The second-order valence-corrected chi connectivity index (χ2v) is 6.91. The van der Waals surface area contributed by atoms with Crippen molar-refractivity contribution in [2.45, 2.75) is 0 Å². The number of aliphatic hydroxyl groups is 1. The number of nitrogens with zero attached hydrogens (tertiary/aromatic N) is 2. The van der Waals surface area contributed by atoms with Crippen LogP contribution in [0.1, 0.15) is 10.4 Å². The number of benzene rings is 2. The summed E-state index contributed by atoms with van der Waals surface area (Å²) in [6.45, 7) is -0.363. The third kappa shape index (κ3) is 4.06. The zero-order valence-corrected chi connectivity index (χ0v) is 16.4. The van der Waals surface area contributed by atoms with Crippen LogP contribution >= 0.6 is 27.5 Å². The molecule has 0 fully saturated rings. The Morgan fingerprint density at radius 1 is 1.44 bits per heavy atom. The highest BCUT2D eigenvalue weighted by molar-refractivity contribution is 9.10. The first-order valence-electron chi connectivity index (χ1n) is 7.81. The van der Waals surface area contributed by atoms with Crippen molar-refractivity contribution in [1.29, 1.82) is 0 Å². The number of amides is 1. The van der Waals surface area contributed by atoms with Gasteiger partial charge in [0.2, 0.25) is 0 Å². The Morgan fingerprint density at radius 2 is 2.22 bits per heavy atom. The van der Waals surface area contributed by atoms with Gasteiger partial charge in [-0.05, 0) is 24.3 Å². The van der Waals surface area contributed by atoms with E-state index in [4.69, 9.17) is 21.5 Å². The van der Waals surface area contributed by atoms with Crippen molar-refractivity contribution in [3.63, 3.8) is 0 Å². The smallest absolute Gasteiger partial charge is 0.277 e. The molecule has 10 heteroatoms. The Morgan fingerprint density at radius 3 is 2.93 bits per heavy atom. The van der Waals surface area contributed by atoms with E-state index in [9.17, 15) is 4.79 Å². The Hall–Kier alpha value is -2.20. The predicted octanol–water partition coefficient (Wildman–Crippen LogP) is 3.53. The number of hydroxylamine groups is 1. The van der Waals surface area contributed by atoms with Gasteiger partial charge in [0.05, 0.1) is 47.0 Å². The molecule has 3 rings (SSSR count). The molecule has 7 nitrogen and oxygen atoms in total. The number of carbonyl (C=O) groups is 1. The van der Waals surface area contributed by atoms with E-state index >= 15 is 4.39 Å². The second kappa shape index (κ2) is 8.22. The number of hydrogen-bond acceptors (Lipinski definition) is 5. The molecule has 142 valence electrons. The summed E-state index contributed by atoms with van der Waals surface area (Å²) in [4.78, 5) is 21.4. The van der Waals surface area contributed by atoms with Gasteiger partial charge < -0.3 is 15.0 Å². The maximum atomic E-state index is 15.1. The van der Waals surface area contributed by atoms with Crippen LogP contribution in [0.15, 0.2) is 35.1 Å². The lowest BCUT2D eigenvalue weighted by atomic mass is 10.1. The van der Waals surface area contributed by atoms with Gasteiger partial charge in [-0.15, -0.1) is 0 Å². The summed E-state index contributed by atoms with van der Waals surface area (Å²) in [6, 6.07) is 6.53. The molecule has 3 N–H and O–H groups in total. The Bertz CT molecular complexity index is 1010. The average molecular weight is 460 g/mol. The third-order valence-electron chi connectivity index (χ3n) is 3.75. The molecule has 3 aromatic rings. The molecule has 1 aromatic heterocycles. The molecule has 0 spiro atoms. The topological polar surface area (TPSA) is 88.4 Å². The fourth-order valence-corrected chi connectivity index (χ4v) is 3.19. The molecule has 2 aromatic carbocycles. The molecule has 0 atom stereocenters. The molecule has 0 bridgehead atoms. The van der Waals surface area contributed by atoms with Gasteiger partial charge in [0.25, 0.3) is 5.91 Å². The number of aromatic nitrogens is 2. The highest BCUT2D eigenvalue weighted by Gasteiger charge is 2.22. The molecule has 0 radical (unpaired) electrons. The van der Waals surface area contributed by atoms with Gasteiger partial charge in [-0.1, -0.05) is 27.5 Å². The highest BCUT2D eigenvalue weighted by Crippen LogP contribution is 2.34. The normalized spacial score (nSPS) is 11.0. The molecule has 0 saturated heterocycles. The maximum Gasteiger partial charge on any atom is 0.277 e. The van der Waals surface area contributed by atoms with Crippen molar-refractivity contribution in [2.75, 3.05) is 18.5 Å². The number of aryl methyl sites for hydroxylation is 1. The SMILES string of the molecule is [14CH3]n1cnc2c(F)c(Nc3ccc(Br)cc3Cl)c(C(=O)NOCCO)cc21. The number of aliphatic hydroxyl groups excluding tert-OH is 1. The molecule has 0 aliphatic rings. The number of carbonyl (C=O) groups excluding carboxylic acids is 1. The summed E-state index contributed by atoms with van der Waals surface area (Å²) < 4.78 is 17.5. The van der Waals surface area contributed by atoms with Crippen LogP contribution in [0.25, 0.3) is 11.0 Å². The van der Waals surface area contributed by atoms with Gasteiger partial charge in [0, 0.05) is 11.5 Å². The van der Waals surface area contributed by atoms with Gasteiger partial charge >= 0.3 is 0 Å². The van der Waals surface area contributed by atoms with Crippen LogP contribution in [0.4, 0.5) is 15.8 Å². The van der Waals surface area contributed by atoms with Crippen LogP contribution < -0.4 is 10.8 Å². The minimum absolute atomic E-state index is 0.000486. The van der Waals surface area contributed by atoms with Crippen molar-refractivity contribution in [1.82, 2.24) is 15.0 Å². The minimum Gasteiger partial charge on any atom is -0.394 e. The van der Waals surface area contributed by atoms with E-state index in [1.807, 2.05) is 0 Å². The highest BCUT2D eigenvalue weighted by atomic mass is 79.9. The number of imidazole rings is 1. The number of hydrogen-bond donors (Lipinski definition) is 3. The molecule has 27 heavy (non-hydrogen) atoms. The van der Waals surface area contributed by atoms with E-state index in [2.05, 4.69) is 31.7 Å². The number of nitrogens with one attached hydrogen (secondary N) is 2. The van der Waals surface area contributed by atoms with E-state index < -0.39 is 11.7 Å². The maximum absolute atomic E-state index is 15.1. The molecule has 0 aliphatic carbocycles. The van der Waals surface area contributed by atoms with Crippen LogP contribution in [-0.4, -0.2) is 33.8 Å². The van der Waals surface area contributed by atoms with E-state index in [0.717, 1.165) is 4.47 Å². The van der Waals surface area contributed by atoms with Crippen LogP contribution in [0.2, 0.25) is 5.02 Å². The van der Waals surface area contributed by atoms with Crippen LogP contribution in [0.5, 0.6) is 0 Å². The van der Waals surface area contributed by atoms with Gasteiger partial charge in [0.1, 0.15) is 5.52 Å².